The Morgan fingerprint density at radius 2 is 2.31 bits per heavy atom. The molecule has 1 amide bonds. The van der Waals surface area contributed by atoms with E-state index in [9.17, 15) is 4.79 Å². The van der Waals surface area contributed by atoms with Crippen molar-refractivity contribution in [3.05, 3.63) is 34.3 Å². The maximum atomic E-state index is 11.6. The number of carbonyl (C=O) groups excluding carboxylic acids is 1. The van der Waals surface area contributed by atoms with Gasteiger partial charge >= 0.3 is 0 Å². The van der Waals surface area contributed by atoms with Gasteiger partial charge in [0.2, 0.25) is 5.91 Å². The summed E-state index contributed by atoms with van der Waals surface area (Å²) in [6.45, 7) is 2.53. The number of alkyl halides is 1. The molecule has 1 unspecified atom stereocenters. The Bertz CT molecular complexity index is 357. The van der Waals surface area contributed by atoms with Gasteiger partial charge in [0.05, 0.1) is 11.8 Å². The zero-order valence-corrected chi connectivity index (χ0v) is 11.5. The smallest absolute Gasteiger partial charge is 0.224 e. The molecule has 0 saturated carbocycles. The lowest BCUT2D eigenvalue weighted by Crippen LogP contribution is -2.30. The Balaban J connectivity index is 2.40. The minimum absolute atomic E-state index is 0.0113. The normalized spacial score (nSPS) is 12.2. The van der Waals surface area contributed by atoms with E-state index in [1.807, 2.05) is 31.2 Å². The SMILES string of the molecule is CCC(Cl)CNC(=O)Cc1cccc(Br)c1. The second kappa shape index (κ2) is 6.92. The monoisotopic (exact) mass is 303 g/mol. The predicted molar refractivity (Wildman–Crippen MR) is 70.8 cm³/mol. The largest absolute Gasteiger partial charge is 0.354 e. The number of halogens is 2. The van der Waals surface area contributed by atoms with E-state index in [0.717, 1.165) is 16.5 Å². The van der Waals surface area contributed by atoms with Crippen LogP contribution in [-0.2, 0) is 11.2 Å². The highest BCUT2D eigenvalue weighted by Crippen LogP contribution is 2.11. The molecule has 0 heterocycles. The molecule has 0 saturated heterocycles. The molecule has 0 aromatic heterocycles. The molecule has 0 bridgehead atoms. The van der Waals surface area contributed by atoms with Crippen LogP contribution in [0.5, 0.6) is 0 Å². The van der Waals surface area contributed by atoms with Crippen LogP contribution in [0.4, 0.5) is 0 Å². The molecule has 1 atom stereocenters. The quantitative estimate of drug-likeness (QED) is 0.832. The highest BCUT2D eigenvalue weighted by atomic mass is 79.9. The van der Waals surface area contributed by atoms with Crippen molar-refractivity contribution in [1.29, 1.82) is 0 Å². The third kappa shape index (κ3) is 4.99. The van der Waals surface area contributed by atoms with Crippen LogP contribution in [0.3, 0.4) is 0 Å². The molecule has 1 N–H and O–H groups in total. The molecule has 1 rings (SSSR count). The van der Waals surface area contributed by atoms with Gasteiger partial charge in [0.25, 0.3) is 0 Å². The molecule has 16 heavy (non-hydrogen) atoms. The average molecular weight is 305 g/mol. The van der Waals surface area contributed by atoms with Gasteiger partial charge in [-0.15, -0.1) is 11.6 Å². The van der Waals surface area contributed by atoms with Gasteiger partial charge in [0.1, 0.15) is 0 Å². The average Bonchev–Trinajstić information content (AvgIpc) is 2.26. The van der Waals surface area contributed by atoms with Crippen LogP contribution in [0.25, 0.3) is 0 Å². The number of benzene rings is 1. The molecule has 0 aliphatic carbocycles. The maximum Gasteiger partial charge on any atom is 0.224 e. The second-order valence-electron chi connectivity index (χ2n) is 3.62. The van der Waals surface area contributed by atoms with Gasteiger partial charge in [-0.3, -0.25) is 4.79 Å². The zero-order chi connectivity index (χ0) is 12.0. The van der Waals surface area contributed by atoms with E-state index in [2.05, 4.69) is 21.2 Å². The third-order valence-corrected chi connectivity index (χ3v) is 3.17. The molecular formula is C12H15BrClNO. The fourth-order valence-electron chi connectivity index (χ4n) is 1.26. The van der Waals surface area contributed by atoms with Crippen LogP contribution in [0.1, 0.15) is 18.9 Å². The Kier molecular flexibility index (Phi) is 5.85. The van der Waals surface area contributed by atoms with Crippen molar-refractivity contribution in [3.63, 3.8) is 0 Å². The van der Waals surface area contributed by atoms with E-state index in [0.29, 0.717) is 13.0 Å². The van der Waals surface area contributed by atoms with Crippen molar-refractivity contribution >= 4 is 33.4 Å². The van der Waals surface area contributed by atoms with Gasteiger partial charge in [-0.25, -0.2) is 0 Å². The summed E-state index contributed by atoms with van der Waals surface area (Å²) in [5, 5.41) is 2.83. The third-order valence-electron chi connectivity index (χ3n) is 2.22. The standard InChI is InChI=1S/C12H15BrClNO/c1-2-11(14)8-15-12(16)7-9-4-3-5-10(13)6-9/h3-6,11H,2,7-8H2,1H3,(H,15,16). The minimum Gasteiger partial charge on any atom is -0.354 e. The van der Waals surface area contributed by atoms with Gasteiger partial charge in [-0.05, 0) is 24.1 Å². The van der Waals surface area contributed by atoms with Crippen LogP contribution in [0, 0.1) is 0 Å². The molecule has 88 valence electrons. The zero-order valence-electron chi connectivity index (χ0n) is 9.17. The van der Waals surface area contributed by atoms with Crippen LogP contribution in [0.15, 0.2) is 28.7 Å². The molecule has 0 fully saturated rings. The first-order chi connectivity index (χ1) is 7.61. The van der Waals surface area contributed by atoms with Crippen molar-refractivity contribution in [1.82, 2.24) is 5.32 Å². The molecule has 0 aliphatic rings. The minimum atomic E-state index is 0.0113. The number of amides is 1. The van der Waals surface area contributed by atoms with Gasteiger partial charge in [-0.2, -0.15) is 0 Å². The number of carbonyl (C=O) groups is 1. The molecule has 0 radical (unpaired) electrons. The number of hydrogen-bond acceptors (Lipinski definition) is 1. The summed E-state index contributed by atoms with van der Waals surface area (Å²) < 4.78 is 0.988. The first kappa shape index (κ1) is 13.5. The van der Waals surface area contributed by atoms with Gasteiger partial charge in [0.15, 0.2) is 0 Å². The number of hydrogen-bond donors (Lipinski definition) is 1. The summed E-state index contributed by atoms with van der Waals surface area (Å²) in [4.78, 5) is 11.6. The molecular weight excluding hydrogens is 289 g/mol. The summed E-state index contributed by atoms with van der Waals surface area (Å²) in [6.07, 6.45) is 1.26. The lowest BCUT2D eigenvalue weighted by Gasteiger charge is -2.08. The van der Waals surface area contributed by atoms with E-state index in [1.54, 1.807) is 0 Å². The van der Waals surface area contributed by atoms with Crippen molar-refractivity contribution in [2.75, 3.05) is 6.54 Å². The van der Waals surface area contributed by atoms with Crippen molar-refractivity contribution in [2.24, 2.45) is 0 Å². The summed E-state index contributed by atoms with van der Waals surface area (Å²) in [6, 6.07) is 7.73. The van der Waals surface area contributed by atoms with Crippen molar-refractivity contribution < 1.29 is 4.79 Å². The summed E-state index contributed by atoms with van der Waals surface area (Å²) in [7, 11) is 0. The Morgan fingerprint density at radius 1 is 1.56 bits per heavy atom. The summed E-state index contributed by atoms with van der Waals surface area (Å²) in [5.41, 5.74) is 0.995. The van der Waals surface area contributed by atoms with Crippen LogP contribution >= 0.6 is 27.5 Å². The second-order valence-corrected chi connectivity index (χ2v) is 5.15. The van der Waals surface area contributed by atoms with Crippen LogP contribution in [-0.4, -0.2) is 17.8 Å². The Labute approximate surface area is 110 Å². The molecule has 4 heteroatoms. The van der Waals surface area contributed by atoms with Crippen molar-refractivity contribution in [3.8, 4) is 0 Å². The molecule has 0 spiro atoms. The summed E-state index contributed by atoms with van der Waals surface area (Å²) in [5.74, 6) is 0.0113. The predicted octanol–water partition coefficient (Wildman–Crippen LogP) is 3.13. The molecule has 1 aromatic rings. The van der Waals surface area contributed by atoms with Gasteiger partial charge in [0, 0.05) is 11.0 Å². The first-order valence-corrected chi connectivity index (χ1v) is 6.50. The lowest BCUT2D eigenvalue weighted by molar-refractivity contribution is -0.120. The van der Waals surface area contributed by atoms with Gasteiger partial charge < -0.3 is 5.32 Å². The summed E-state index contributed by atoms with van der Waals surface area (Å²) >= 11 is 9.29. The highest BCUT2D eigenvalue weighted by Gasteiger charge is 2.06. The first-order valence-electron chi connectivity index (χ1n) is 5.27. The van der Waals surface area contributed by atoms with E-state index in [4.69, 9.17) is 11.6 Å². The van der Waals surface area contributed by atoms with Crippen LogP contribution < -0.4 is 5.32 Å². The van der Waals surface area contributed by atoms with Gasteiger partial charge in [-0.1, -0.05) is 35.0 Å². The van der Waals surface area contributed by atoms with Crippen LogP contribution in [0.2, 0.25) is 0 Å². The molecule has 2 nitrogen and oxygen atoms in total. The number of nitrogens with one attached hydrogen (secondary N) is 1. The topological polar surface area (TPSA) is 29.1 Å². The lowest BCUT2D eigenvalue weighted by atomic mass is 10.1. The van der Waals surface area contributed by atoms with E-state index >= 15 is 0 Å². The van der Waals surface area contributed by atoms with Crippen molar-refractivity contribution in [2.45, 2.75) is 25.1 Å². The Hall–Kier alpha value is -0.540. The Morgan fingerprint density at radius 3 is 2.94 bits per heavy atom. The van der Waals surface area contributed by atoms with E-state index < -0.39 is 0 Å². The molecule has 1 aromatic carbocycles. The maximum absolute atomic E-state index is 11.6. The number of rotatable bonds is 5. The van der Waals surface area contributed by atoms with E-state index in [1.165, 1.54) is 0 Å². The highest BCUT2D eigenvalue weighted by molar-refractivity contribution is 9.10. The fourth-order valence-corrected chi connectivity index (χ4v) is 1.79. The molecule has 0 aliphatic heterocycles. The van der Waals surface area contributed by atoms with E-state index in [-0.39, 0.29) is 11.3 Å². The fraction of sp³-hybridized carbons (Fsp3) is 0.417.